The summed E-state index contributed by atoms with van der Waals surface area (Å²) in [5.41, 5.74) is 0.204. The lowest BCUT2D eigenvalue weighted by molar-refractivity contribution is -0.169. The molecule has 2 heterocycles. The molecule has 6 nitrogen and oxygen atoms in total. The van der Waals surface area contributed by atoms with E-state index in [1.165, 1.54) is 0 Å². The molecule has 0 aromatic carbocycles. The number of alkyl halides is 4. The fourth-order valence-corrected chi connectivity index (χ4v) is 7.44. The molecule has 3 saturated carbocycles. The molecule has 3 aliphatic carbocycles. The summed E-state index contributed by atoms with van der Waals surface area (Å²) in [6.45, 7) is 3.48. The molecule has 6 unspecified atom stereocenters. The van der Waals surface area contributed by atoms with Crippen molar-refractivity contribution in [1.82, 2.24) is 15.1 Å². The van der Waals surface area contributed by atoms with Crippen molar-refractivity contribution in [2.24, 2.45) is 11.3 Å². The number of carbonyl (C=O) groups excluding carboxylic acids is 2. The topological polar surface area (TPSA) is 61.9 Å². The Balaban J connectivity index is 0.961. The van der Waals surface area contributed by atoms with Gasteiger partial charge in [0.1, 0.15) is 19.0 Å². The molecule has 5 rings (SSSR count). The van der Waals surface area contributed by atoms with Crippen LogP contribution in [0.4, 0.5) is 8.78 Å². The first-order valence-electron chi connectivity index (χ1n) is 13.7. The number of amides is 2. The lowest BCUT2D eigenvalue weighted by atomic mass is 9.70. The molecule has 2 amide bonds. The van der Waals surface area contributed by atoms with E-state index in [1.807, 2.05) is 4.90 Å². The van der Waals surface area contributed by atoms with Crippen LogP contribution in [0.15, 0.2) is 0 Å². The van der Waals surface area contributed by atoms with Gasteiger partial charge >= 0.3 is 0 Å². The molecule has 10 heteroatoms. The summed E-state index contributed by atoms with van der Waals surface area (Å²) in [5, 5.41) is 2.23. The third-order valence-corrected chi connectivity index (χ3v) is 10.1. The summed E-state index contributed by atoms with van der Waals surface area (Å²) >= 11 is 11.9. The second kappa shape index (κ2) is 11.2. The number of carbonyl (C=O) groups is 2. The van der Waals surface area contributed by atoms with Gasteiger partial charge in [-0.1, -0.05) is 0 Å². The van der Waals surface area contributed by atoms with E-state index in [4.69, 9.17) is 27.9 Å². The molecule has 204 valence electrons. The molecule has 2 saturated heterocycles. The summed E-state index contributed by atoms with van der Waals surface area (Å²) in [5.74, 6) is 0.0989. The minimum atomic E-state index is -1.08. The normalized spacial score (nSPS) is 40.8. The molecule has 0 aromatic rings. The zero-order valence-electron chi connectivity index (χ0n) is 20.9. The fraction of sp³-hybridized carbons (Fsp3) is 0.923. The Morgan fingerprint density at radius 1 is 0.861 bits per heavy atom. The fourth-order valence-electron chi connectivity index (χ4n) is 6.98. The summed E-state index contributed by atoms with van der Waals surface area (Å²) in [6.07, 6.45) is 4.63. The third-order valence-electron chi connectivity index (χ3n) is 9.16. The molecule has 0 radical (unpaired) electrons. The Morgan fingerprint density at radius 3 is 2.14 bits per heavy atom. The molecule has 36 heavy (non-hydrogen) atoms. The van der Waals surface area contributed by atoms with E-state index in [-0.39, 0.29) is 53.7 Å². The van der Waals surface area contributed by atoms with E-state index in [9.17, 15) is 18.4 Å². The predicted molar refractivity (Wildman–Crippen MR) is 135 cm³/mol. The largest absolute Gasteiger partial charge is 0.368 e. The van der Waals surface area contributed by atoms with Gasteiger partial charge in [0.05, 0.1) is 16.9 Å². The number of nitrogens with zero attached hydrogens (tertiary/aromatic N) is 2. The van der Waals surface area contributed by atoms with Crippen LogP contribution in [0.5, 0.6) is 0 Å². The number of halogens is 4. The van der Waals surface area contributed by atoms with Gasteiger partial charge in [-0.05, 0) is 57.8 Å². The van der Waals surface area contributed by atoms with Gasteiger partial charge in [0.25, 0.3) is 0 Å². The van der Waals surface area contributed by atoms with Gasteiger partial charge in [-0.3, -0.25) is 14.5 Å². The van der Waals surface area contributed by atoms with Gasteiger partial charge in [-0.15, -0.1) is 23.2 Å². The van der Waals surface area contributed by atoms with Crippen molar-refractivity contribution in [1.29, 1.82) is 0 Å². The molecule has 6 atom stereocenters. The number of hydrogen-bond acceptors (Lipinski definition) is 4. The average molecular weight is 551 g/mol. The monoisotopic (exact) mass is 549 g/mol. The van der Waals surface area contributed by atoms with Crippen LogP contribution in [0.2, 0.25) is 0 Å². The van der Waals surface area contributed by atoms with Crippen LogP contribution in [0, 0.1) is 11.3 Å². The van der Waals surface area contributed by atoms with Crippen LogP contribution in [0.25, 0.3) is 0 Å². The Labute approximate surface area is 222 Å². The maximum absolute atomic E-state index is 14.0. The van der Waals surface area contributed by atoms with Crippen molar-refractivity contribution in [3.63, 3.8) is 0 Å². The third kappa shape index (κ3) is 5.97. The first-order chi connectivity index (χ1) is 17.2. The van der Waals surface area contributed by atoms with E-state index in [2.05, 4.69) is 10.2 Å². The Hall–Kier alpha value is -0.700. The standard InChI is InChI=1S/C26H39Cl2F2N3O3/c27-20-7-5-18(9-22(20)29)32-12-26(13-32)14-33(15-26)25(35)16-1-3-17(4-2-16)31-24(34)11-36-19-6-8-21(28)23(30)10-19/h16-23H,1-15H2,(H,31,34). The van der Waals surface area contributed by atoms with Gasteiger partial charge in [-0.25, -0.2) is 8.78 Å². The summed E-state index contributed by atoms with van der Waals surface area (Å²) in [4.78, 5) is 29.7. The molecule has 0 aromatic heterocycles. The minimum absolute atomic E-state index is 0.0291. The average Bonchev–Trinajstić information content (AvgIpc) is 2.80. The van der Waals surface area contributed by atoms with E-state index in [1.54, 1.807) is 0 Å². The maximum atomic E-state index is 14.0. The smallest absolute Gasteiger partial charge is 0.246 e. The van der Waals surface area contributed by atoms with Crippen molar-refractivity contribution in [2.75, 3.05) is 32.8 Å². The maximum Gasteiger partial charge on any atom is 0.246 e. The van der Waals surface area contributed by atoms with Crippen LogP contribution < -0.4 is 5.32 Å². The lowest BCUT2D eigenvalue weighted by Gasteiger charge is -2.63. The zero-order chi connectivity index (χ0) is 25.4. The van der Waals surface area contributed by atoms with Crippen molar-refractivity contribution >= 4 is 35.0 Å². The zero-order valence-corrected chi connectivity index (χ0v) is 22.4. The highest BCUT2D eigenvalue weighted by Gasteiger charge is 2.55. The molecule has 1 spiro atoms. The predicted octanol–water partition coefficient (Wildman–Crippen LogP) is 3.82. The molecule has 0 bridgehead atoms. The summed E-state index contributed by atoms with van der Waals surface area (Å²) in [7, 11) is 0. The Bertz CT molecular complexity index is 801. The highest BCUT2D eigenvalue weighted by atomic mass is 35.5. The van der Waals surface area contributed by atoms with Gasteiger partial charge in [0.2, 0.25) is 11.8 Å². The van der Waals surface area contributed by atoms with Crippen molar-refractivity contribution in [3.05, 3.63) is 0 Å². The summed E-state index contributed by atoms with van der Waals surface area (Å²) in [6, 6.07) is 0.352. The summed E-state index contributed by atoms with van der Waals surface area (Å²) < 4.78 is 33.3. The molecule has 2 aliphatic heterocycles. The van der Waals surface area contributed by atoms with Crippen LogP contribution in [0.1, 0.15) is 64.2 Å². The van der Waals surface area contributed by atoms with Crippen LogP contribution >= 0.6 is 23.2 Å². The Kier molecular flexibility index (Phi) is 8.36. The van der Waals surface area contributed by atoms with E-state index >= 15 is 0 Å². The minimum Gasteiger partial charge on any atom is -0.368 e. The number of nitrogens with one attached hydrogen (secondary N) is 1. The SMILES string of the molecule is O=C(COC1CCC(Cl)C(F)C1)NC1CCC(C(=O)N2CC3(C2)CN(C2CCC(Cl)C(F)C2)C3)CC1. The Morgan fingerprint density at radius 2 is 1.50 bits per heavy atom. The number of hydrogen-bond donors (Lipinski definition) is 1. The number of rotatable bonds is 6. The first kappa shape index (κ1) is 26.9. The van der Waals surface area contributed by atoms with Gasteiger partial charge < -0.3 is 15.0 Å². The molecule has 5 fully saturated rings. The van der Waals surface area contributed by atoms with E-state index in [0.29, 0.717) is 25.3 Å². The van der Waals surface area contributed by atoms with Crippen LogP contribution in [-0.2, 0) is 14.3 Å². The van der Waals surface area contributed by atoms with E-state index < -0.39 is 17.7 Å². The quantitative estimate of drug-likeness (QED) is 0.511. The highest BCUT2D eigenvalue weighted by Crippen LogP contribution is 2.44. The van der Waals surface area contributed by atoms with E-state index in [0.717, 1.165) is 64.7 Å². The molecule has 5 aliphatic rings. The second-order valence-corrected chi connectivity index (χ2v) is 13.1. The second-order valence-electron chi connectivity index (χ2n) is 12.0. The van der Waals surface area contributed by atoms with Crippen molar-refractivity contribution in [2.45, 2.75) is 105 Å². The van der Waals surface area contributed by atoms with Crippen molar-refractivity contribution < 1.29 is 23.1 Å². The van der Waals surface area contributed by atoms with Crippen LogP contribution in [-0.4, -0.2) is 95.7 Å². The van der Waals surface area contributed by atoms with Crippen LogP contribution in [0.3, 0.4) is 0 Å². The lowest BCUT2D eigenvalue weighted by Crippen LogP contribution is -2.74. The molecule has 1 N–H and O–H groups in total. The first-order valence-corrected chi connectivity index (χ1v) is 14.6. The van der Waals surface area contributed by atoms with Gasteiger partial charge in [0.15, 0.2) is 0 Å². The molecular formula is C26H39Cl2F2N3O3. The van der Waals surface area contributed by atoms with Gasteiger partial charge in [0, 0.05) is 56.0 Å². The van der Waals surface area contributed by atoms with Crippen molar-refractivity contribution in [3.8, 4) is 0 Å². The highest BCUT2D eigenvalue weighted by molar-refractivity contribution is 6.21. The number of likely N-dealkylation sites (tertiary alicyclic amines) is 2. The van der Waals surface area contributed by atoms with Gasteiger partial charge in [-0.2, -0.15) is 0 Å². The number of ether oxygens (including phenoxy) is 1. The molecular weight excluding hydrogens is 511 g/mol.